The van der Waals surface area contributed by atoms with Crippen LogP contribution in [0, 0.1) is 17.8 Å². The largest absolute Gasteiger partial charge is 0.515 e. The number of hydrogen-bond acceptors (Lipinski definition) is 10. The molecular weight excluding hydrogens is 584 g/mol. The highest BCUT2D eigenvalue weighted by Gasteiger charge is 2.51. The van der Waals surface area contributed by atoms with Crippen molar-refractivity contribution in [2.45, 2.75) is 60.3 Å². The first-order chi connectivity index (χ1) is 22.1. The SMILES string of the molecule is CCC1=C(C)C2=NC1=CC1=NC(=C(CC)/C1=C\O)C=C1N=C3C(=C1C)C(=O)C(C(=O)OC)C3=C1NC(=C2)C(C)C1CCC(=O)OC. The van der Waals surface area contributed by atoms with Crippen LogP contribution in [-0.4, -0.2) is 54.2 Å². The van der Waals surface area contributed by atoms with Crippen LogP contribution >= 0.6 is 0 Å². The average molecular weight is 623 g/mol. The molecule has 0 aromatic rings. The maximum atomic E-state index is 14.1. The molecule has 6 aliphatic rings. The molecule has 3 atom stereocenters. The average Bonchev–Trinajstić information content (AvgIpc) is 3.79. The second kappa shape index (κ2) is 11.8. The molecule has 8 bridgehead atoms. The number of fused-ring (bicyclic) bond motifs is 5. The normalized spacial score (nSPS) is 25.9. The van der Waals surface area contributed by atoms with Crippen LogP contribution in [0.1, 0.15) is 60.3 Å². The van der Waals surface area contributed by atoms with Gasteiger partial charge in [-0.15, -0.1) is 0 Å². The second-order valence-corrected chi connectivity index (χ2v) is 12.1. The van der Waals surface area contributed by atoms with E-state index in [1.54, 1.807) is 0 Å². The fourth-order valence-corrected chi connectivity index (χ4v) is 7.31. The molecule has 1 saturated carbocycles. The summed E-state index contributed by atoms with van der Waals surface area (Å²) in [6, 6.07) is 0. The number of ether oxygens (including phenoxy) is 2. The lowest BCUT2D eigenvalue weighted by molar-refractivity contribution is -0.146. The quantitative estimate of drug-likeness (QED) is 0.223. The van der Waals surface area contributed by atoms with Crippen molar-refractivity contribution >= 4 is 34.9 Å². The minimum Gasteiger partial charge on any atom is -0.515 e. The van der Waals surface area contributed by atoms with Crippen molar-refractivity contribution in [3.8, 4) is 0 Å². The van der Waals surface area contributed by atoms with E-state index in [4.69, 9.17) is 24.5 Å². The third-order valence-corrected chi connectivity index (χ3v) is 9.85. The predicted octanol–water partition coefficient (Wildman–Crippen LogP) is 5.60. The van der Waals surface area contributed by atoms with Crippen LogP contribution in [-0.2, 0) is 23.9 Å². The third kappa shape index (κ3) is 4.69. The molecule has 2 N–H and O–H groups in total. The Kier molecular flexibility index (Phi) is 8.00. The molecule has 6 rings (SSSR count). The van der Waals surface area contributed by atoms with Gasteiger partial charge < -0.3 is 19.9 Å². The number of methoxy groups -OCH3 is 2. The van der Waals surface area contributed by atoms with E-state index < -0.39 is 11.9 Å². The summed E-state index contributed by atoms with van der Waals surface area (Å²) in [4.78, 5) is 54.6. The summed E-state index contributed by atoms with van der Waals surface area (Å²) in [7, 11) is 2.63. The Morgan fingerprint density at radius 2 is 1.70 bits per heavy atom. The van der Waals surface area contributed by atoms with Gasteiger partial charge in [-0.25, -0.2) is 15.0 Å². The number of rotatable bonds is 6. The Labute approximate surface area is 268 Å². The van der Waals surface area contributed by atoms with Crippen molar-refractivity contribution in [3.63, 3.8) is 0 Å². The van der Waals surface area contributed by atoms with E-state index in [9.17, 15) is 19.5 Å². The number of nitrogens with zero attached hydrogens (tertiary/aromatic N) is 3. The number of esters is 2. The summed E-state index contributed by atoms with van der Waals surface area (Å²) in [5, 5.41) is 13.9. The minimum absolute atomic E-state index is 0.113. The number of allylic oxidation sites excluding steroid dienone is 11. The van der Waals surface area contributed by atoms with Crippen molar-refractivity contribution in [1.29, 1.82) is 0 Å². The number of aliphatic hydroxyl groups excluding tert-OH is 1. The van der Waals surface area contributed by atoms with Crippen molar-refractivity contribution in [1.82, 2.24) is 5.32 Å². The third-order valence-electron chi connectivity index (χ3n) is 9.85. The summed E-state index contributed by atoms with van der Waals surface area (Å²) >= 11 is 0. The zero-order valence-electron chi connectivity index (χ0n) is 27.2. The molecule has 0 aromatic carbocycles. The van der Waals surface area contributed by atoms with Gasteiger partial charge in [0, 0.05) is 46.4 Å². The van der Waals surface area contributed by atoms with Gasteiger partial charge in [-0.05, 0) is 73.6 Å². The first-order valence-electron chi connectivity index (χ1n) is 15.7. The molecule has 238 valence electrons. The number of nitrogens with one attached hydrogen (secondary N) is 1. The topological polar surface area (TPSA) is 139 Å². The van der Waals surface area contributed by atoms with Crippen molar-refractivity contribution in [2.75, 3.05) is 14.2 Å². The Balaban J connectivity index is 1.67. The van der Waals surface area contributed by atoms with Gasteiger partial charge in [0.05, 0.1) is 54.7 Å². The van der Waals surface area contributed by atoms with E-state index in [-0.39, 0.29) is 30.0 Å². The zero-order valence-corrected chi connectivity index (χ0v) is 27.2. The maximum Gasteiger partial charge on any atom is 0.321 e. The van der Waals surface area contributed by atoms with Gasteiger partial charge >= 0.3 is 11.9 Å². The predicted molar refractivity (Wildman–Crippen MR) is 175 cm³/mol. The monoisotopic (exact) mass is 622 g/mol. The molecule has 0 spiro atoms. The van der Waals surface area contributed by atoms with Gasteiger partial charge in [-0.2, -0.15) is 0 Å². The Bertz CT molecular complexity index is 1850. The number of carbonyl (C=O) groups is 3. The summed E-state index contributed by atoms with van der Waals surface area (Å²) in [6.45, 7) is 10.0. The van der Waals surface area contributed by atoms with E-state index in [2.05, 4.69) is 19.2 Å². The van der Waals surface area contributed by atoms with Crippen LogP contribution in [0.5, 0.6) is 0 Å². The number of aliphatic imine (C=N–C) groups is 3. The molecule has 3 unspecified atom stereocenters. The zero-order chi connectivity index (χ0) is 33.0. The van der Waals surface area contributed by atoms with Crippen molar-refractivity contribution in [3.05, 3.63) is 92.0 Å². The Morgan fingerprint density at radius 3 is 2.35 bits per heavy atom. The Hall–Kier alpha value is -4.86. The van der Waals surface area contributed by atoms with Gasteiger partial charge in [0.2, 0.25) is 0 Å². The van der Waals surface area contributed by atoms with Crippen LogP contribution in [0.2, 0.25) is 0 Å². The van der Waals surface area contributed by atoms with Gasteiger partial charge in [0.25, 0.3) is 0 Å². The second-order valence-electron chi connectivity index (χ2n) is 12.1. The van der Waals surface area contributed by atoms with Gasteiger partial charge in [-0.3, -0.25) is 14.4 Å². The van der Waals surface area contributed by atoms with Crippen LogP contribution in [0.25, 0.3) is 0 Å². The fourth-order valence-electron chi connectivity index (χ4n) is 7.31. The highest BCUT2D eigenvalue weighted by Crippen LogP contribution is 2.47. The van der Waals surface area contributed by atoms with E-state index in [1.807, 2.05) is 39.0 Å². The number of hydrogen-bond donors (Lipinski definition) is 2. The molecule has 5 aliphatic heterocycles. The molecule has 46 heavy (non-hydrogen) atoms. The molecule has 0 amide bonds. The molecule has 0 radical (unpaired) electrons. The van der Waals surface area contributed by atoms with Crippen LogP contribution in [0.15, 0.2) is 107 Å². The molecule has 1 aliphatic carbocycles. The van der Waals surface area contributed by atoms with E-state index in [0.29, 0.717) is 63.6 Å². The molecule has 1 saturated heterocycles. The molecule has 5 heterocycles. The summed E-state index contributed by atoms with van der Waals surface area (Å²) < 4.78 is 10.1. The minimum atomic E-state index is -1.19. The highest BCUT2D eigenvalue weighted by molar-refractivity contribution is 6.42. The van der Waals surface area contributed by atoms with Crippen molar-refractivity contribution in [2.24, 2.45) is 32.7 Å². The summed E-state index contributed by atoms with van der Waals surface area (Å²) in [5.74, 6) is -2.93. The summed E-state index contributed by atoms with van der Waals surface area (Å²) in [6.07, 6.45) is 8.80. The van der Waals surface area contributed by atoms with Crippen molar-refractivity contribution < 1.29 is 29.0 Å². The van der Waals surface area contributed by atoms with E-state index in [0.717, 1.165) is 46.5 Å². The van der Waals surface area contributed by atoms with Gasteiger partial charge in [-0.1, -0.05) is 20.8 Å². The smallest absolute Gasteiger partial charge is 0.321 e. The van der Waals surface area contributed by atoms with Crippen LogP contribution in [0.3, 0.4) is 0 Å². The molecule has 2 fully saturated rings. The lowest BCUT2D eigenvalue weighted by Crippen LogP contribution is -2.26. The molecule has 10 heteroatoms. The lowest BCUT2D eigenvalue weighted by Gasteiger charge is -2.19. The fraction of sp³-hybridized carbons (Fsp3) is 0.389. The lowest BCUT2D eigenvalue weighted by atomic mass is 9.85. The maximum absolute atomic E-state index is 14.1. The standard InChI is InChI=1S/C36H38N4O6/c1-8-19-16(3)23-12-24-17(4)21(10-11-29(42)45-6)33(39-24)31-32(36(44)46-7)35(43)30-18(5)25(40-34(30)31)13-27-20(9-2)22(15-41)28(38-27)14-26(19)37-23/h12-15,17,21,32,39,41H,8-11H2,1-7H3/b22-15+,24-12?,25-13?,26-14?,33-31?. The molecular formula is C36H38N4O6. The number of carbonyl (C=O) groups excluding carboxylic acids is 3. The van der Waals surface area contributed by atoms with Crippen LogP contribution in [0.4, 0.5) is 0 Å². The molecule has 10 nitrogen and oxygen atoms in total. The summed E-state index contributed by atoms with van der Waals surface area (Å²) in [5.41, 5.74) is 10.4. The number of Topliss-reactive ketones (excluding diaryl/α,β-unsaturated/α-hetero) is 1. The number of ketones is 1. The first kappa shape index (κ1) is 31.1. The Morgan fingerprint density at radius 1 is 0.957 bits per heavy atom. The van der Waals surface area contributed by atoms with Gasteiger partial charge in [0.1, 0.15) is 5.92 Å². The first-order valence-corrected chi connectivity index (χ1v) is 15.7. The number of aliphatic hydroxyl groups is 1. The highest BCUT2D eigenvalue weighted by atomic mass is 16.5. The van der Waals surface area contributed by atoms with E-state index >= 15 is 0 Å². The van der Waals surface area contributed by atoms with Gasteiger partial charge in [0.15, 0.2) is 5.78 Å². The van der Waals surface area contributed by atoms with Crippen LogP contribution < -0.4 is 5.32 Å². The van der Waals surface area contributed by atoms with E-state index in [1.165, 1.54) is 14.2 Å². The molecule has 0 aromatic heterocycles.